The van der Waals surface area contributed by atoms with Crippen LogP contribution in [0.3, 0.4) is 0 Å². The Bertz CT molecular complexity index is 447. The van der Waals surface area contributed by atoms with Crippen molar-refractivity contribution >= 4 is 5.69 Å². The van der Waals surface area contributed by atoms with Gasteiger partial charge in [-0.05, 0) is 18.1 Å². The SMILES string of the molecule is COc1cc([C@@H]2C[C@H]2N)cc([N+](=O)[O-])c1O. The van der Waals surface area contributed by atoms with Gasteiger partial charge in [0.25, 0.3) is 0 Å². The fraction of sp³-hybridized carbons (Fsp3) is 0.400. The number of nitro benzene ring substituents is 1. The third kappa shape index (κ3) is 1.67. The van der Waals surface area contributed by atoms with Gasteiger partial charge in [-0.1, -0.05) is 0 Å². The maximum atomic E-state index is 10.7. The van der Waals surface area contributed by atoms with Crippen molar-refractivity contribution in [1.82, 2.24) is 0 Å². The highest BCUT2D eigenvalue weighted by molar-refractivity contribution is 5.58. The summed E-state index contributed by atoms with van der Waals surface area (Å²) >= 11 is 0. The molecule has 6 nitrogen and oxygen atoms in total. The first-order valence-electron chi connectivity index (χ1n) is 4.85. The van der Waals surface area contributed by atoms with Crippen molar-refractivity contribution < 1.29 is 14.8 Å². The predicted molar refractivity (Wildman–Crippen MR) is 56.6 cm³/mol. The largest absolute Gasteiger partial charge is 0.500 e. The number of benzene rings is 1. The summed E-state index contributed by atoms with van der Waals surface area (Å²) in [6.07, 6.45) is 0.811. The van der Waals surface area contributed by atoms with Crippen LogP contribution in [0.5, 0.6) is 11.5 Å². The number of ether oxygens (including phenoxy) is 1. The lowest BCUT2D eigenvalue weighted by Crippen LogP contribution is -2.02. The average molecular weight is 224 g/mol. The summed E-state index contributed by atoms with van der Waals surface area (Å²) in [6, 6.07) is 3.00. The van der Waals surface area contributed by atoms with Crippen molar-refractivity contribution in [3.05, 3.63) is 27.8 Å². The third-order valence-corrected chi connectivity index (χ3v) is 2.76. The Morgan fingerprint density at radius 3 is 2.69 bits per heavy atom. The molecule has 6 heteroatoms. The van der Waals surface area contributed by atoms with Crippen molar-refractivity contribution in [2.75, 3.05) is 7.11 Å². The van der Waals surface area contributed by atoms with E-state index in [0.717, 1.165) is 12.0 Å². The summed E-state index contributed by atoms with van der Waals surface area (Å²) < 4.78 is 4.89. The summed E-state index contributed by atoms with van der Waals surface area (Å²) in [5.74, 6) is -0.193. The first-order chi connectivity index (χ1) is 7.54. The number of aromatic hydroxyl groups is 1. The van der Waals surface area contributed by atoms with Crippen LogP contribution >= 0.6 is 0 Å². The van der Waals surface area contributed by atoms with Gasteiger partial charge in [-0.2, -0.15) is 0 Å². The molecule has 0 radical (unpaired) electrons. The fourth-order valence-corrected chi connectivity index (χ4v) is 1.72. The molecule has 16 heavy (non-hydrogen) atoms. The number of rotatable bonds is 3. The Morgan fingerprint density at radius 1 is 1.62 bits per heavy atom. The van der Waals surface area contributed by atoms with Gasteiger partial charge in [0.05, 0.1) is 12.0 Å². The number of nitrogens with two attached hydrogens (primary N) is 1. The van der Waals surface area contributed by atoms with E-state index in [1.807, 2.05) is 0 Å². The molecule has 3 N–H and O–H groups in total. The second-order valence-corrected chi connectivity index (χ2v) is 3.85. The van der Waals surface area contributed by atoms with Crippen molar-refractivity contribution in [3.8, 4) is 11.5 Å². The Hall–Kier alpha value is -1.82. The van der Waals surface area contributed by atoms with Crippen LogP contribution in [-0.4, -0.2) is 23.2 Å². The van der Waals surface area contributed by atoms with Crippen LogP contribution in [0.4, 0.5) is 5.69 Å². The smallest absolute Gasteiger partial charge is 0.314 e. The quantitative estimate of drug-likeness (QED) is 0.592. The van der Waals surface area contributed by atoms with Gasteiger partial charge >= 0.3 is 5.69 Å². The second kappa shape index (κ2) is 3.64. The van der Waals surface area contributed by atoms with Crippen LogP contribution in [0.25, 0.3) is 0 Å². The molecule has 0 amide bonds. The summed E-state index contributed by atoms with van der Waals surface area (Å²) in [4.78, 5) is 10.1. The Morgan fingerprint density at radius 2 is 2.25 bits per heavy atom. The number of hydrogen-bond donors (Lipinski definition) is 2. The Balaban J connectivity index is 2.48. The van der Waals surface area contributed by atoms with E-state index in [0.29, 0.717) is 0 Å². The van der Waals surface area contributed by atoms with Gasteiger partial charge < -0.3 is 15.6 Å². The van der Waals surface area contributed by atoms with Gasteiger partial charge in [0.1, 0.15) is 0 Å². The Labute approximate surface area is 91.8 Å². The molecule has 0 bridgehead atoms. The van der Waals surface area contributed by atoms with E-state index in [9.17, 15) is 15.2 Å². The maximum Gasteiger partial charge on any atom is 0.314 e. The molecule has 1 aromatic carbocycles. The zero-order chi connectivity index (χ0) is 11.9. The highest BCUT2D eigenvalue weighted by Crippen LogP contribution is 2.45. The van der Waals surface area contributed by atoms with E-state index in [2.05, 4.69) is 0 Å². The lowest BCUT2D eigenvalue weighted by molar-refractivity contribution is -0.386. The molecule has 0 aromatic heterocycles. The minimum Gasteiger partial charge on any atom is -0.500 e. The first kappa shape index (κ1) is 10.7. The number of nitro groups is 1. The molecular formula is C10H12N2O4. The zero-order valence-corrected chi connectivity index (χ0v) is 8.71. The first-order valence-corrected chi connectivity index (χ1v) is 4.85. The number of phenolic OH excluding ortho intramolecular Hbond substituents is 1. The molecule has 2 rings (SSSR count). The molecule has 1 fully saturated rings. The molecular weight excluding hydrogens is 212 g/mol. The molecule has 0 heterocycles. The summed E-state index contributed by atoms with van der Waals surface area (Å²) in [5, 5.41) is 20.3. The number of methoxy groups -OCH3 is 1. The monoisotopic (exact) mass is 224 g/mol. The van der Waals surface area contributed by atoms with Gasteiger partial charge in [0.2, 0.25) is 5.75 Å². The molecule has 1 aromatic rings. The van der Waals surface area contributed by atoms with Gasteiger partial charge in [0.15, 0.2) is 5.75 Å². The summed E-state index contributed by atoms with van der Waals surface area (Å²) in [7, 11) is 1.36. The van der Waals surface area contributed by atoms with Crippen molar-refractivity contribution in [3.63, 3.8) is 0 Å². The van der Waals surface area contributed by atoms with E-state index in [1.165, 1.54) is 13.2 Å². The van der Waals surface area contributed by atoms with Crippen LogP contribution in [0.15, 0.2) is 12.1 Å². The van der Waals surface area contributed by atoms with Crippen LogP contribution in [-0.2, 0) is 0 Å². The lowest BCUT2D eigenvalue weighted by Gasteiger charge is -2.06. The van der Waals surface area contributed by atoms with Crippen molar-refractivity contribution in [2.24, 2.45) is 5.73 Å². The van der Waals surface area contributed by atoms with Crippen molar-refractivity contribution in [1.29, 1.82) is 0 Å². The molecule has 2 atom stereocenters. The molecule has 1 aliphatic carbocycles. The topological polar surface area (TPSA) is 98.6 Å². The normalized spacial score (nSPS) is 22.9. The molecule has 0 spiro atoms. The van der Waals surface area contributed by atoms with Crippen LogP contribution in [0.2, 0.25) is 0 Å². The van der Waals surface area contributed by atoms with E-state index in [1.54, 1.807) is 6.07 Å². The van der Waals surface area contributed by atoms with Gasteiger partial charge in [0, 0.05) is 18.0 Å². The second-order valence-electron chi connectivity index (χ2n) is 3.85. The standard InChI is InChI=1S/C10H12N2O4/c1-16-9-3-5(6-4-7(6)11)2-8(10(9)13)12(14)15/h2-3,6-7,13H,4,11H2,1H3/t6-,7+/m0/s1. The Kier molecular flexibility index (Phi) is 2.43. The van der Waals surface area contributed by atoms with E-state index < -0.39 is 10.7 Å². The van der Waals surface area contributed by atoms with Gasteiger partial charge in [-0.3, -0.25) is 10.1 Å². The molecule has 86 valence electrons. The van der Waals surface area contributed by atoms with Crippen LogP contribution in [0.1, 0.15) is 17.9 Å². The van der Waals surface area contributed by atoms with Gasteiger partial charge in [-0.15, -0.1) is 0 Å². The minimum absolute atomic E-state index is 0.0499. The highest BCUT2D eigenvalue weighted by Gasteiger charge is 2.37. The molecule has 0 unspecified atom stereocenters. The summed E-state index contributed by atoms with van der Waals surface area (Å²) in [5.41, 5.74) is 6.09. The zero-order valence-electron chi connectivity index (χ0n) is 8.71. The van der Waals surface area contributed by atoms with Crippen molar-refractivity contribution in [2.45, 2.75) is 18.4 Å². The number of phenols is 1. The maximum absolute atomic E-state index is 10.7. The minimum atomic E-state index is -0.630. The van der Waals surface area contributed by atoms with E-state index in [-0.39, 0.29) is 23.4 Å². The van der Waals surface area contributed by atoms with E-state index >= 15 is 0 Å². The molecule has 0 aliphatic heterocycles. The van der Waals surface area contributed by atoms with Crippen LogP contribution < -0.4 is 10.5 Å². The van der Waals surface area contributed by atoms with Gasteiger partial charge in [-0.25, -0.2) is 0 Å². The van der Waals surface area contributed by atoms with E-state index in [4.69, 9.17) is 10.5 Å². The number of nitrogens with zero attached hydrogens (tertiary/aromatic N) is 1. The van der Waals surface area contributed by atoms with Crippen LogP contribution in [0, 0.1) is 10.1 Å². The third-order valence-electron chi connectivity index (χ3n) is 2.76. The fourth-order valence-electron chi connectivity index (χ4n) is 1.72. The summed E-state index contributed by atoms with van der Waals surface area (Å²) in [6.45, 7) is 0. The average Bonchev–Trinajstić information content (AvgIpc) is 2.95. The number of hydrogen-bond acceptors (Lipinski definition) is 5. The lowest BCUT2D eigenvalue weighted by atomic mass is 10.1. The predicted octanol–water partition coefficient (Wildman–Crippen LogP) is 1.12. The highest BCUT2D eigenvalue weighted by atomic mass is 16.6. The molecule has 1 aliphatic rings. The molecule has 1 saturated carbocycles. The molecule has 0 saturated heterocycles.